The van der Waals surface area contributed by atoms with Crippen LogP contribution in [0.3, 0.4) is 0 Å². The first-order chi connectivity index (χ1) is 31.8. The Bertz CT molecular complexity index is 2710. The molecule has 19 heteroatoms. The molecule has 3 fully saturated rings. The first-order valence-electron chi connectivity index (χ1n) is 23.2. The quantitative estimate of drug-likeness (QED) is 0.0990. The van der Waals surface area contributed by atoms with Crippen LogP contribution in [0.1, 0.15) is 79.4 Å². The standard InChI is InChI=1S/C46H56N4O10.H2O4S/c1-8-42(55)23-27-24-45(40(53)58-6,35-29(15-19-50(25-42)36(27)52)28-13-10-11-14-32(28)47-35)31-21-30-33(22-34(31)57-5)48(4)38-44(30)17-20-49-18-12-16-43(9-2,37(44)49)39(60-26(3)51)46(38,56)41(54)59-7;1-5(2,3)4/h10-14,16,21-22,27,37-39,47,55-56H,8-9,15,17-20,23-25H2,1-7H3;(H2,1,2,3,4)/t27-,37+,38-,39-,42+,43-,44-,45+,46+;/m1./s1/i6D3;. The van der Waals surface area contributed by atoms with Crippen molar-refractivity contribution in [3.05, 3.63) is 70.9 Å². The van der Waals surface area contributed by atoms with Gasteiger partial charge in [-0.15, -0.1) is 0 Å². The number of amides is 1. The highest BCUT2D eigenvalue weighted by Crippen LogP contribution is 2.68. The first-order valence-corrected chi connectivity index (χ1v) is 23.1. The number of aliphatic hydroxyl groups is 2. The van der Waals surface area contributed by atoms with Gasteiger partial charge in [0.05, 0.1) is 37.0 Å². The number of aromatic nitrogens is 1. The molecule has 18 nitrogen and oxygen atoms in total. The number of hydrogen-bond donors (Lipinski definition) is 5. The molecule has 2 bridgehead atoms. The van der Waals surface area contributed by atoms with Crippen molar-refractivity contribution in [2.24, 2.45) is 11.3 Å². The van der Waals surface area contributed by atoms with Gasteiger partial charge >= 0.3 is 28.3 Å². The summed E-state index contributed by atoms with van der Waals surface area (Å²) in [6.45, 7) is 6.44. The first kappa shape index (κ1) is 42.6. The van der Waals surface area contributed by atoms with Crippen molar-refractivity contribution in [2.45, 2.75) is 99.5 Å². The molecule has 352 valence electrons. The zero-order valence-corrected chi connectivity index (χ0v) is 37.9. The third kappa shape index (κ3) is 6.70. The SMILES string of the molecule is O=S(=O)(O)O.[2H]C([2H])([2H])OC(=O)[C@]1(c2cc3c(cc2OC)N(C)[C@H]2[C@@](O)(C(=O)OC)[C@H](OC(C)=O)[C@]4(CC)C=CCN5CC[C@]32[C@@H]54)C[C@H]2C[C@@](O)(CC)CN(CCc3c1[nH]c1ccccc31)C2=O. The third-order valence-electron chi connectivity index (χ3n) is 15.5. The van der Waals surface area contributed by atoms with E-state index in [0.717, 1.165) is 5.39 Å². The molecule has 6 aliphatic rings. The van der Waals surface area contributed by atoms with Crippen molar-refractivity contribution in [3.8, 4) is 5.75 Å². The van der Waals surface area contributed by atoms with E-state index in [9.17, 15) is 24.6 Å². The number of nitrogens with one attached hydrogen (secondary N) is 1. The van der Waals surface area contributed by atoms with Gasteiger partial charge in [-0.3, -0.25) is 28.4 Å². The minimum atomic E-state index is -4.67. The van der Waals surface area contributed by atoms with Gasteiger partial charge in [0.25, 0.3) is 0 Å². The molecule has 9 rings (SSSR count). The number of carbonyl (C=O) groups is 4. The molecule has 5 N–H and O–H groups in total. The molecular formula is C46H58N4O14S. The van der Waals surface area contributed by atoms with Crippen LogP contribution in [-0.4, -0.2) is 150 Å². The Hall–Kier alpha value is -5.05. The summed E-state index contributed by atoms with van der Waals surface area (Å²) in [5.41, 5.74) is -4.88. The van der Waals surface area contributed by atoms with Crippen LogP contribution in [0.15, 0.2) is 48.6 Å². The second-order valence-electron chi connectivity index (χ2n) is 18.4. The molecule has 1 aromatic heterocycles. The van der Waals surface area contributed by atoms with Crippen LogP contribution >= 0.6 is 0 Å². The maximum atomic E-state index is 15.6. The molecule has 1 saturated carbocycles. The van der Waals surface area contributed by atoms with E-state index in [2.05, 4.69) is 9.88 Å². The number of H-pyrrole nitrogens is 1. The molecule has 3 aromatic rings. The number of ether oxygens (including phenoxy) is 4. The second kappa shape index (κ2) is 16.1. The third-order valence-corrected chi connectivity index (χ3v) is 15.5. The molecule has 2 aromatic carbocycles. The Morgan fingerprint density at radius 3 is 2.35 bits per heavy atom. The Morgan fingerprint density at radius 2 is 1.71 bits per heavy atom. The Labute approximate surface area is 381 Å². The average Bonchev–Trinajstić information content (AvgIpc) is 3.93. The van der Waals surface area contributed by atoms with Crippen molar-refractivity contribution in [1.82, 2.24) is 14.8 Å². The lowest BCUT2D eigenvalue weighted by Crippen LogP contribution is -2.81. The maximum Gasteiger partial charge on any atom is 0.394 e. The van der Waals surface area contributed by atoms with E-state index < -0.39 is 86.9 Å². The summed E-state index contributed by atoms with van der Waals surface area (Å²) in [6.07, 6.45) is 3.63. The highest BCUT2D eigenvalue weighted by atomic mass is 32.3. The van der Waals surface area contributed by atoms with E-state index in [4.69, 9.17) is 40.6 Å². The van der Waals surface area contributed by atoms with Crippen LogP contribution in [0.2, 0.25) is 0 Å². The molecule has 0 unspecified atom stereocenters. The van der Waals surface area contributed by atoms with Crippen LogP contribution in [0.5, 0.6) is 5.75 Å². The molecule has 9 atom stereocenters. The molecule has 65 heavy (non-hydrogen) atoms. The number of fused-ring (bicyclic) bond motifs is 6. The summed E-state index contributed by atoms with van der Waals surface area (Å²) in [4.78, 5) is 67.0. The summed E-state index contributed by atoms with van der Waals surface area (Å²) < 4.78 is 79.8. The van der Waals surface area contributed by atoms with E-state index in [1.165, 1.54) is 21.1 Å². The summed E-state index contributed by atoms with van der Waals surface area (Å²) in [5, 5.41) is 26.1. The van der Waals surface area contributed by atoms with Crippen LogP contribution in [-0.2, 0) is 61.0 Å². The largest absolute Gasteiger partial charge is 0.496 e. The van der Waals surface area contributed by atoms with Crippen molar-refractivity contribution < 1.29 is 70.0 Å². The van der Waals surface area contributed by atoms with Gasteiger partial charge in [-0.05, 0) is 68.3 Å². The minimum Gasteiger partial charge on any atom is -0.496 e. The molecule has 5 aliphatic heterocycles. The minimum absolute atomic E-state index is 0.00524. The number of piperidine rings is 1. The van der Waals surface area contributed by atoms with E-state index >= 15 is 4.79 Å². The summed E-state index contributed by atoms with van der Waals surface area (Å²) >= 11 is 0. The number of para-hydroxylation sites is 1. The lowest BCUT2D eigenvalue weighted by molar-refractivity contribution is -0.228. The lowest BCUT2D eigenvalue weighted by Gasteiger charge is -2.63. The number of likely N-dealkylation sites (N-methyl/N-ethyl adjacent to an activating group) is 1. The Morgan fingerprint density at radius 1 is 0.985 bits per heavy atom. The molecule has 0 radical (unpaired) electrons. The van der Waals surface area contributed by atoms with Crippen molar-refractivity contribution in [1.29, 1.82) is 0 Å². The Kier molecular flexibility index (Phi) is 10.5. The van der Waals surface area contributed by atoms with E-state index in [0.29, 0.717) is 60.4 Å². The van der Waals surface area contributed by atoms with Gasteiger partial charge in [-0.2, -0.15) is 8.42 Å². The van der Waals surface area contributed by atoms with Gasteiger partial charge in [0.2, 0.25) is 11.5 Å². The number of anilines is 1. The molecular weight excluding hydrogens is 865 g/mol. The van der Waals surface area contributed by atoms with Crippen molar-refractivity contribution >= 4 is 50.8 Å². The van der Waals surface area contributed by atoms with E-state index in [1.807, 2.05) is 61.2 Å². The molecule has 1 spiro atoms. The van der Waals surface area contributed by atoms with Crippen LogP contribution < -0.4 is 9.64 Å². The highest BCUT2D eigenvalue weighted by Gasteiger charge is 2.80. The van der Waals surface area contributed by atoms with E-state index in [1.54, 1.807) is 18.0 Å². The fraction of sp³-hybridized carbons (Fsp3) is 0.565. The predicted molar refractivity (Wildman–Crippen MR) is 235 cm³/mol. The van der Waals surface area contributed by atoms with Gasteiger partial charge in [0.15, 0.2) is 6.10 Å². The lowest BCUT2D eigenvalue weighted by atomic mass is 9.47. The van der Waals surface area contributed by atoms with Gasteiger partial charge in [-0.25, -0.2) is 4.79 Å². The number of carbonyl (C=O) groups excluding carboxylic acids is 4. The maximum absolute atomic E-state index is 15.6. The van der Waals surface area contributed by atoms with E-state index in [-0.39, 0.29) is 49.6 Å². The fourth-order valence-corrected chi connectivity index (χ4v) is 13.2. The predicted octanol–water partition coefficient (Wildman–Crippen LogP) is 2.86. The number of benzene rings is 2. The van der Waals surface area contributed by atoms with Crippen molar-refractivity contribution in [2.75, 3.05) is 59.4 Å². The molecule has 6 heterocycles. The summed E-state index contributed by atoms with van der Waals surface area (Å²) in [6, 6.07) is 9.53. The topological polar surface area (TPSA) is 246 Å². The highest BCUT2D eigenvalue weighted by molar-refractivity contribution is 7.79. The number of esters is 3. The zero-order chi connectivity index (χ0) is 49.7. The van der Waals surface area contributed by atoms with Gasteiger partial charge < -0.3 is 43.9 Å². The summed E-state index contributed by atoms with van der Waals surface area (Å²) in [5.74, 6) is -3.88. The fourth-order valence-electron chi connectivity index (χ4n) is 13.2. The number of aromatic amines is 1. The monoisotopic (exact) mass is 925 g/mol. The van der Waals surface area contributed by atoms with Crippen molar-refractivity contribution in [3.63, 3.8) is 0 Å². The number of nitrogens with zero attached hydrogens (tertiary/aromatic N) is 3. The number of hydrogen-bond acceptors (Lipinski definition) is 14. The van der Waals surface area contributed by atoms with Crippen LogP contribution in [0, 0.1) is 11.3 Å². The van der Waals surface area contributed by atoms with Crippen LogP contribution in [0.25, 0.3) is 10.9 Å². The Balaban J connectivity index is 0.00000119. The van der Waals surface area contributed by atoms with Gasteiger partial charge in [0, 0.05) is 90.3 Å². The second-order valence-corrected chi connectivity index (χ2v) is 19.3. The molecule has 2 saturated heterocycles. The van der Waals surface area contributed by atoms with Gasteiger partial charge in [-0.1, -0.05) is 44.2 Å². The zero-order valence-electron chi connectivity index (χ0n) is 40.1. The smallest absolute Gasteiger partial charge is 0.394 e. The average molecular weight is 926 g/mol. The summed E-state index contributed by atoms with van der Waals surface area (Å²) in [7, 11) is -3.49. The number of methoxy groups -OCH3 is 3. The number of rotatable bonds is 7. The normalized spacial score (nSPS) is 34.4. The van der Waals surface area contributed by atoms with Crippen LogP contribution in [0.4, 0.5) is 5.69 Å². The molecule has 1 amide bonds. The molecule has 1 aliphatic carbocycles. The van der Waals surface area contributed by atoms with Gasteiger partial charge in [0.1, 0.15) is 11.2 Å².